The topological polar surface area (TPSA) is 12.0 Å². The van der Waals surface area contributed by atoms with Gasteiger partial charge in [-0.15, -0.1) is 11.5 Å². The van der Waals surface area contributed by atoms with Crippen LogP contribution in [0.1, 0.15) is 33.6 Å². The van der Waals surface area contributed by atoms with Crippen molar-refractivity contribution >= 4 is 8.07 Å². The third-order valence-electron chi connectivity index (χ3n) is 3.66. The lowest BCUT2D eigenvalue weighted by molar-refractivity contribution is 0.378. The molecule has 0 spiro atoms. The predicted octanol–water partition coefficient (Wildman–Crippen LogP) is 2.79. The van der Waals surface area contributed by atoms with E-state index in [0.717, 1.165) is 6.42 Å². The summed E-state index contributed by atoms with van der Waals surface area (Å²) < 4.78 is 0. The van der Waals surface area contributed by atoms with Crippen molar-refractivity contribution in [2.45, 2.75) is 57.8 Å². The van der Waals surface area contributed by atoms with Crippen molar-refractivity contribution in [2.24, 2.45) is 0 Å². The van der Waals surface area contributed by atoms with Crippen LogP contribution in [0.15, 0.2) is 0 Å². The normalized spacial score (nSPS) is 20.9. The highest BCUT2D eigenvalue weighted by Crippen LogP contribution is 2.19. The zero-order valence-electron chi connectivity index (χ0n) is 9.82. The van der Waals surface area contributed by atoms with E-state index in [9.17, 15) is 0 Å². The van der Waals surface area contributed by atoms with Crippen molar-refractivity contribution in [1.82, 2.24) is 5.32 Å². The average molecular weight is 209 g/mol. The van der Waals surface area contributed by atoms with Gasteiger partial charge in [-0.1, -0.05) is 20.8 Å². The van der Waals surface area contributed by atoms with Crippen LogP contribution < -0.4 is 5.32 Å². The minimum Gasteiger partial charge on any atom is -0.313 e. The Hall–Kier alpha value is -0.263. The van der Waals surface area contributed by atoms with Gasteiger partial charge in [-0.3, -0.25) is 0 Å². The van der Waals surface area contributed by atoms with Crippen LogP contribution >= 0.6 is 0 Å². The third kappa shape index (κ3) is 2.86. The van der Waals surface area contributed by atoms with Crippen LogP contribution in [0.3, 0.4) is 0 Å². The van der Waals surface area contributed by atoms with Crippen LogP contribution in [0.5, 0.6) is 0 Å². The molecule has 0 radical (unpaired) electrons. The number of nitrogens with one attached hydrogen (secondary N) is 1. The van der Waals surface area contributed by atoms with Crippen LogP contribution in [0.4, 0.5) is 0 Å². The highest BCUT2D eigenvalue weighted by molar-refractivity contribution is 6.87. The van der Waals surface area contributed by atoms with Crippen molar-refractivity contribution in [1.29, 1.82) is 0 Å². The molecule has 2 heteroatoms. The molecule has 1 nitrogen and oxygen atoms in total. The molecule has 1 unspecified atom stereocenters. The maximum atomic E-state index is 3.63. The first-order valence-electron chi connectivity index (χ1n) is 5.99. The van der Waals surface area contributed by atoms with Gasteiger partial charge in [0.05, 0.1) is 0 Å². The molecular weight excluding hydrogens is 186 g/mol. The molecule has 1 rings (SSSR count). The lowest BCUT2D eigenvalue weighted by Crippen LogP contribution is -2.42. The van der Waals surface area contributed by atoms with Crippen molar-refractivity contribution < 1.29 is 0 Å². The molecule has 1 fully saturated rings. The van der Waals surface area contributed by atoms with Crippen LogP contribution in [-0.4, -0.2) is 20.7 Å². The summed E-state index contributed by atoms with van der Waals surface area (Å²) in [5, 5.41) is 3.40. The summed E-state index contributed by atoms with van der Waals surface area (Å²) >= 11 is 0. The number of rotatable bonds is 4. The van der Waals surface area contributed by atoms with Gasteiger partial charge in [0.2, 0.25) is 0 Å². The molecule has 0 aromatic rings. The monoisotopic (exact) mass is 209 g/mol. The fraction of sp³-hybridized carbons (Fsp3) is 0.833. The molecule has 14 heavy (non-hydrogen) atoms. The maximum Gasteiger partial charge on any atom is 0.137 e. The van der Waals surface area contributed by atoms with Crippen molar-refractivity contribution in [3.05, 3.63) is 0 Å². The van der Waals surface area contributed by atoms with Gasteiger partial charge in [0.25, 0.3) is 0 Å². The third-order valence-corrected chi connectivity index (χ3v) is 8.43. The molecule has 0 aliphatic carbocycles. The Labute approximate surface area is 89.7 Å². The van der Waals surface area contributed by atoms with Crippen LogP contribution in [-0.2, 0) is 0 Å². The second-order valence-electron chi connectivity index (χ2n) is 4.29. The van der Waals surface area contributed by atoms with E-state index in [0.29, 0.717) is 6.04 Å². The standard InChI is InChI=1S/C12H23NSi/c1-4-14(5-2,6-3)11-7-8-12-9-10-13-12/h12-13H,4-6,8-10H2,1-3H3. The van der Waals surface area contributed by atoms with Gasteiger partial charge in [0.15, 0.2) is 0 Å². The zero-order valence-corrected chi connectivity index (χ0v) is 10.8. The molecule has 0 aromatic heterocycles. The minimum absolute atomic E-state index is 0.708. The second kappa shape index (κ2) is 5.58. The molecule has 0 bridgehead atoms. The van der Waals surface area contributed by atoms with Gasteiger partial charge in [-0.25, -0.2) is 0 Å². The van der Waals surface area contributed by atoms with Gasteiger partial charge in [0, 0.05) is 12.5 Å². The molecule has 1 heterocycles. The Balaban J connectivity index is 2.43. The van der Waals surface area contributed by atoms with Gasteiger partial charge in [-0.05, 0) is 31.1 Å². The lowest BCUT2D eigenvalue weighted by atomic mass is 10.1. The molecular formula is C12H23NSi. The van der Waals surface area contributed by atoms with Crippen molar-refractivity contribution in [2.75, 3.05) is 6.54 Å². The molecule has 1 atom stereocenters. The van der Waals surface area contributed by atoms with Gasteiger partial charge in [0.1, 0.15) is 8.07 Å². The van der Waals surface area contributed by atoms with E-state index in [4.69, 9.17) is 0 Å². The summed E-state index contributed by atoms with van der Waals surface area (Å²) in [6, 6.07) is 4.68. The molecule has 1 aliphatic heterocycles. The van der Waals surface area contributed by atoms with Crippen LogP contribution in [0, 0.1) is 11.5 Å². The summed E-state index contributed by atoms with van der Waals surface area (Å²) in [7, 11) is -1.16. The summed E-state index contributed by atoms with van der Waals surface area (Å²) in [6.07, 6.45) is 2.41. The fourth-order valence-corrected chi connectivity index (χ4v) is 4.41. The predicted molar refractivity (Wildman–Crippen MR) is 66.0 cm³/mol. The highest BCUT2D eigenvalue weighted by Gasteiger charge is 2.24. The Bertz CT molecular complexity index is 210. The van der Waals surface area contributed by atoms with E-state index in [-0.39, 0.29) is 0 Å². The van der Waals surface area contributed by atoms with E-state index in [1.807, 2.05) is 0 Å². The fourth-order valence-electron chi connectivity index (χ4n) is 1.90. The Morgan fingerprint density at radius 3 is 2.14 bits per heavy atom. The quantitative estimate of drug-likeness (QED) is 0.554. The average Bonchev–Trinajstić information content (AvgIpc) is 2.17. The Morgan fingerprint density at radius 1 is 1.21 bits per heavy atom. The first kappa shape index (κ1) is 11.8. The summed E-state index contributed by atoms with van der Waals surface area (Å²) in [6.45, 7) is 8.14. The minimum atomic E-state index is -1.16. The number of hydrogen-bond acceptors (Lipinski definition) is 1. The highest BCUT2D eigenvalue weighted by atomic mass is 28.3. The molecule has 1 aliphatic rings. The van der Waals surface area contributed by atoms with E-state index in [2.05, 4.69) is 37.6 Å². The zero-order chi connectivity index (χ0) is 10.4. The largest absolute Gasteiger partial charge is 0.313 e. The Morgan fingerprint density at radius 2 is 1.79 bits per heavy atom. The molecule has 80 valence electrons. The SMILES string of the molecule is CC[Si](C#CCC1CCN1)(CC)CC. The maximum absolute atomic E-state index is 3.63. The van der Waals surface area contributed by atoms with E-state index >= 15 is 0 Å². The molecule has 0 amide bonds. The van der Waals surface area contributed by atoms with Crippen LogP contribution in [0.25, 0.3) is 0 Å². The molecule has 0 saturated carbocycles. The first-order valence-corrected chi connectivity index (χ1v) is 8.62. The van der Waals surface area contributed by atoms with E-state index < -0.39 is 8.07 Å². The lowest BCUT2D eigenvalue weighted by Gasteiger charge is -2.26. The number of hydrogen-bond donors (Lipinski definition) is 1. The van der Waals surface area contributed by atoms with Crippen molar-refractivity contribution in [3.8, 4) is 11.5 Å². The summed E-state index contributed by atoms with van der Waals surface area (Å²) in [5.41, 5.74) is 3.63. The van der Waals surface area contributed by atoms with Gasteiger partial charge < -0.3 is 5.32 Å². The first-order chi connectivity index (χ1) is 6.76. The van der Waals surface area contributed by atoms with Crippen LogP contribution in [0.2, 0.25) is 18.1 Å². The summed E-state index contributed by atoms with van der Waals surface area (Å²) in [4.78, 5) is 0. The molecule has 1 N–H and O–H groups in total. The smallest absolute Gasteiger partial charge is 0.137 e. The van der Waals surface area contributed by atoms with Crippen molar-refractivity contribution in [3.63, 3.8) is 0 Å². The molecule has 0 aromatic carbocycles. The summed E-state index contributed by atoms with van der Waals surface area (Å²) in [5.74, 6) is 3.43. The molecule has 1 saturated heterocycles. The second-order valence-corrected chi connectivity index (χ2v) is 9.22. The Kier molecular flexibility index (Phi) is 4.70. The van der Waals surface area contributed by atoms with E-state index in [1.54, 1.807) is 0 Å². The van der Waals surface area contributed by atoms with Gasteiger partial charge in [-0.2, -0.15) is 0 Å². The van der Waals surface area contributed by atoms with Gasteiger partial charge >= 0.3 is 0 Å². The van der Waals surface area contributed by atoms with E-state index in [1.165, 1.54) is 31.1 Å².